The first-order valence-electron chi connectivity index (χ1n) is 5.85. The van der Waals surface area contributed by atoms with E-state index in [4.69, 9.17) is 4.74 Å². The Morgan fingerprint density at radius 2 is 1.79 bits per heavy atom. The molecule has 0 radical (unpaired) electrons. The van der Waals surface area contributed by atoms with Crippen LogP contribution in [-0.4, -0.2) is 37.2 Å². The molecule has 0 aromatic heterocycles. The zero-order valence-electron chi connectivity index (χ0n) is 10.2. The van der Waals surface area contributed by atoms with Crippen molar-refractivity contribution in [1.82, 2.24) is 4.90 Å². The van der Waals surface area contributed by atoms with Crippen LogP contribution in [0.15, 0.2) is 0 Å². The lowest BCUT2D eigenvalue weighted by atomic mass is 9.86. The van der Waals surface area contributed by atoms with Crippen LogP contribution in [0.2, 0.25) is 0 Å². The minimum atomic E-state index is 0.443. The molecule has 0 spiro atoms. The topological polar surface area (TPSA) is 12.5 Å². The number of hydrogen-bond acceptors (Lipinski definition) is 2. The highest BCUT2D eigenvalue weighted by Gasteiger charge is 2.24. The van der Waals surface area contributed by atoms with E-state index in [-0.39, 0.29) is 0 Å². The fourth-order valence-electron chi connectivity index (χ4n) is 2.18. The van der Waals surface area contributed by atoms with E-state index in [0.29, 0.717) is 5.41 Å². The van der Waals surface area contributed by atoms with Crippen molar-refractivity contribution < 1.29 is 4.74 Å². The third-order valence-corrected chi connectivity index (χ3v) is 2.88. The van der Waals surface area contributed by atoms with Gasteiger partial charge in [-0.15, -0.1) is 0 Å². The molecule has 1 atom stereocenters. The van der Waals surface area contributed by atoms with Gasteiger partial charge in [0.15, 0.2) is 0 Å². The molecule has 0 unspecified atom stereocenters. The average Bonchev–Trinajstić information content (AvgIpc) is 2.14. The third-order valence-electron chi connectivity index (χ3n) is 2.88. The minimum Gasteiger partial charge on any atom is -0.379 e. The van der Waals surface area contributed by atoms with Crippen LogP contribution >= 0.6 is 0 Å². The standard InChI is InChI=1S/C12H25NO/c1-5-11(10-12(2,3)4)13-6-8-14-9-7-13/h11H,5-10H2,1-4H3/t11-/m0/s1. The van der Waals surface area contributed by atoms with Gasteiger partial charge in [0, 0.05) is 19.1 Å². The fraction of sp³-hybridized carbons (Fsp3) is 1.00. The Balaban J connectivity index is 2.43. The molecule has 0 aliphatic carbocycles. The molecule has 0 amide bonds. The molecule has 0 aromatic carbocycles. The normalized spacial score (nSPS) is 22.3. The van der Waals surface area contributed by atoms with Gasteiger partial charge in [-0.3, -0.25) is 4.90 Å². The predicted molar refractivity (Wildman–Crippen MR) is 60.5 cm³/mol. The molecule has 1 heterocycles. The number of hydrogen-bond donors (Lipinski definition) is 0. The van der Waals surface area contributed by atoms with Crippen LogP contribution in [0.25, 0.3) is 0 Å². The molecule has 1 saturated heterocycles. The summed E-state index contributed by atoms with van der Waals surface area (Å²) in [5, 5.41) is 0. The van der Waals surface area contributed by atoms with Gasteiger partial charge in [-0.05, 0) is 18.3 Å². The first kappa shape index (κ1) is 12.0. The molecular formula is C12H25NO. The van der Waals surface area contributed by atoms with Crippen molar-refractivity contribution in [2.75, 3.05) is 26.3 Å². The Morgan fingerprint density at radius 1 is 1.21 bits per heavy atom. The Hall–Kier alpha value is -0.0800. The summed E-state index contributed by atoms with van der Waals surface area (Å²) in [6.45, 7) is 13.4. The fourth-order valence-corrected chi connectivity index (χ4v) is 2.18. The first-order valence-corrected chi connectivity index (χ1v) is 5.85. The maximum absolute atomic E-state index is 5.38. The second-order valence-corrected chi connectivity index (χ2v) is 5.48. The van der Waals surface area contributed by atoms with Crippen molar-refractivity contribution in [3.05, 3.63) is 0 Å². The molecular weight excluding hydrogens is 174 g/mol. The van der Waals surface area contributed by atoms with Gasteiger partial charge in [0.2, 0.25) is 0 Å². The minimum absolute atomic E-state index is 0.443. The van der Waals surface area contributed by atoms with Gasteiger partial charge < -0.3 is 4.74 Å². The van der Waals surface area contributed by atoms with Gasteiger partial charge in [0.05, 0.1) is 13.2 Å². The molecule has 1 fully saturated rings. The molecule has 2 nitrogen and oxygen atoms in total. The summed E-state index contributed by atoms with van der Waals surface area (Å²) in [5.41, 5.74) is 0.443. The van der Waals surface area contributed by atoms with Crippen LogP contribution in [-0.2, 0) is 4.74 Å². The first-order chi connectivity index (χ1) is 6.53. The molecule has 0 aromatic rings. The quantitative estimate of drug-likeness (QED) is 0.692. The maximum Gasteiger partial charge on any atom is 0.0594 e. The highest BCUT2D eigenvalue weighted by Crippen LogP contribution is 2.25. The van der Waals surface area contributed by atoms with Crippen molar-refractivity contribution in [2.24, 2.45) is 5.41 Å². The molecule has 84 valence electrons. The Labute approximate surface area is 88.6 Å². The lowest BCUT2D eigenvalue weighted by Crippen LogP contribution is -2.44. The van der Waals surface area contributed by atoms with Gasteiger partial charge in [0.25, 0.3) is 0 Å². The van der Waals surface area contributed by atoms with Crippen LogP contribution in [0.1, 0.15) is 40.5 Å². The Kier molecular flexibility index (Phi) is 4.39. The van der Waals surface area contributed by atoms with E-state index in [1.54, 1.807) is 0 Å². The van der Waals surface area contributed by atoms with E-state index in [2.05, 4.69) is 32.6 Å². The number of nitrogens with zero attached hydrogens (tertiary/aromatic N) is 1. The zero-order valence-corrected chi connectivity index (χ0v) is 10.2. The van der Waals surface area contributed by atoms with Crippen LogP contribution < -0.4 is 0 Å². The number of morpholine rings is 1. The van der Waals surface area contributed by atoms with Crippen LogP contribution in [0.5, 0.6) is 0 Å². The van der Waals surface area contributed by atoms with Gasteiger partial charge in [-0.2, -0.15) is 0 Å². The van der Waals surface area contributed by atoms with Crippen molar-refractivity contribution in [3.63, 3.8) is 0 Å². The molecule has 0 saturated carbocycles. The summed E-state index contributed by atoms with van der Waals surface area (Å²) >= 11 is 0. The molecule has 1 aliphatic rings. The molecule has 1 rings (SSSR count). The summed E-state index contributed by atoms with van der Waals surface area (Å²) in [6, 6.07) is 0.749. The van der Waals surface area contributed by atoms with Gasteiger partial charge >= 0.3 is 0 Å². The summed E-state index contributed by atoms with van der Waals surface area (Å²) < 4.78 is 5.38. The van der Waals surface area contributed by atoms with E-state index < -0.39 is 0 Å². The molecule has 1 aliphatic heterocycles. The molecule has 14 heavy (non-hydrogen) atoms. The van der Waals surface area contributed by atoms with Crippen molar-refractivity contribution in [1.29, 1.82) is 0 Å². The molecule has 0 bridgehead atoms. The monoisotopic (exact) mass is 199 g/mol. The Bertz CT molecular complexity index is 156. The highest BCUT2D eigenvalue weighted by atomic mass is 16.5. The van der Waals surface area contributed by atoms with Crippen molar-refractivity contribution in [2.45, 2.75) is 46.6 Å². The van der Waals surface area contributed by atoms with E-state index in [0.717, 1.165) is 32.3 Å². The summed E-state index contributed by atoms with van der Waals surface area (Å²) in [4.78, 5) is 2.59. The lowest BCUT2D eigenvalue weighted by molar-refractivity contribution is 0.00689. The van der Waals surface area contributed by atoms with E-state index >= 15 is 0 Å². The van der Waals surface area contributed by atoms with E-state index in [1.807, 2.05) is 0 Å². The maximum atomic E-state index is 5.38. The zero-order chi connectivity index (χ0) is 10.6. The average molecular weight is 199 g/mol. The summed E-state index contributed by atoms with van der Waals surface area (Å²) in [6.07, 6.45) is 2.56. The number of ether oxygens (including phenoxy) is 1. The smallest absolute Gasteiger partial charge is 0.0594 e. The lowest BCUT2D eigenvalue weighted by Gasteiger charge is -2.37. The largest absolute Gasteiger partial charge is 0.379 e. The van der Waals surface area contributed by atoms with Gasteiger partial charge in [0.1, 0.15) is 0 Å². The molecule has 0 N–H and O–H groups in total. The van der Waals surface area contributed by atoms with E-state index in [9.17, 15) is 0 Å². The third kappa shape index (κ3) is 3.97. The van der Waals surface area contributed by atoms with Crippen molar-refractivity contribution >= 4 is 0 Å². The Morgan fingerprint density at radius 3 is 2.21 bits per heavy atom. The van der Waals surface area contributed by atoms with Gasteiger partial charge in [-0.1, -0.05) is 27.7 Å². The predicted octanol–water partition coefficient (Wildman–Crippen LogP) is 2.53. The number of rotatable bonds is 3. The van der Waals surface area contributed by atoms with Crippen LogP contribution in [0, 0.1) is 5.41 Å². The highest BCUT2D eigenvalue weighted by molar-refractivity contribution is 4.77. The summed E-state index contributed by atoms with van der Waals surface area (Å²) in [5.74, 6) is 0. The van der Waals surface area contributed by atoms with Gasteiger partial charge in [-0.25, -0.2) is 0 Å². The van der Waals surface area contributed by atoms with E-state index in [1.165, 1.54) is 12.8 Å². The summed E-state index contributed by atoms with van der Waals surface area (Å²) in [7, 11) is 0. The van der Waals surface area contributed by atoms with Crippen LogP contribution in [0.4, 0.5) is 0 Å². The second-order valence-electron chi connectivity index (χ2n) is 5.48. The SMILES string of the molecule is CC[C@@H](CC(C)(C)C)N1CCOCC1. The van der Waals surface area contributed by atoms with Crippen molar-refractivity contribution in [3.8, 4) is 0 Å². The molecule has 2 heteroatoms. The second kappa shape index (κ2) is 5.13. The van der Waals surface area contributed by atoms with Crippen LogP contribution in [0.3, 0.4) is 0 Å².